The quantitative estimate of drug-likeness (QED) is 0.647. The third-order valence-corrected chi connectivity index (χ3v) is 5.54. The van der Waals surface area contributed by atoms with Crippen LogP contribution in [0, 0.1) is 0 Å². The Morgan fingerprint density at radius 2 is 2.00 bits per heavy atom. The molecule has 6 heteroatoms. The summed E-state index contributed by atoms with van der Waals surface area (Å²) in [7, 11) is 0. The van der Waals surface area contributed by atoms with Crippen LogP contribution in [0.5, 0.6) is 5.75 Å². The lowest BCUT2D eigenvalue weighted by Gasteiger charge is -2.34. The third kappa shape index (κ3) is 5.89. The Labute approximate surface area is 183 Å². The van der Waals surface area contributed by atoms with E-state index in [-0.39, 0.29) is 18.3 Å². The van der Waals surface area contributed by atoms with Gasteiger partial charge in [0.05, 0.1) is 12.6 Å². The molecule has 1 aliphatic carbocycles. The summed E-state index contributed by atoms with van der Waals surface area (Å²) < 4.78 is 5.67. The van der Waals surface area contributed by atoms with Crippen molar-refractivity contribution in [1.29, 1.82) is 0 Å². The molecule has 0 aliphatic heterocycles. The summed E-state index contributed by atoms with van der Waals surface area (Å²) in [5.41, 5.74) is 2.23. The van der Waals surface area contributed by atoms with Gasteiger partial charge in [0.25, 0.3) is 0 Å². The van der Waals surface area contributed by atoms with Crippen LogP contribution in [0.3, 0.4) is 0 Å². The molecule has 2 atom stereocenters. The van der Waals surface area contributed by atoms with E-state index >= 15 is 0 Å². The van der Waals surface area contributed by atoms with Gasteiger partial charge in [0.15, 0.2) is 0 Å². The molecule has 3 rings (SSSR count). The number of aliphatic hydroxyl groups is 1. The molecular weight excluding hydrogens is 402 g/mol. The Hall–Kier alpha value is -2.24. The lowest BCUT2D eigenvalue weighted by Crippen LogP contribution is -2.46. The number of carbonyl (C=O) groups is 1. The number of aliphatic hydroxyl groups excluding tert-OH is 1. The van der Waals surface area contributed by atoms with E-state index in [1.165, 1.54) is 5.56 Å². The number of fused-ring (bicyclic) bond motifs is 1. The fourth-order valence-corrected chi connectivity index (χ4v) is 4.09. The first kappa shape index (κ1) is 22.4. The predicted molar refractivity (Wildman–Crippen MR) is 118 cm³/mol. The number of nitrogens with zero attached hydrogens (tertiary/aromatic N) is 1. The fraction of sp³-hybridized carbons (Fsp3) is 0.458. The van der Waals surface area contributed by atoms with Gasteiger partial charge in [-0.3, -0.25) is 0 Å². The summed E-state index contributed by atoms with van der Waals surface area (Å²) >= 11 is 6.08. The van der Waals surface area contributed by atoms with E-state index in [9.17, 15) is 15.0 Å². The normalized spacial score (nSPS) is 17.6. The number of aromatic hydroxyl groups is 1. The second-order valence-corrected chi connectivity index (χ2v) is 9.34. The van der Waals surface area contributed by atoms with E-state index in [1.807, 2.05) is 26.8 Å². The van der Waals surface area contributed by atoms with Gasteiger partial charge >= 0.3 is 6.09 Å². The van der Waals surface area contributed by atoms with Crippen LogP contribution in [-0.4, -0.2) is 39.4 Å². The molecule has 5 nitrogen and oxygen atoms in total. The second kappa shape index (κ2) is 9.27. The zero-order valence-corrected chi connectivity index (χ0v) is 18.5. The maximum absolute atomic E-state index is 13.1. The average Bonchev–Trinajstić information content (AvgIpc) is 2.86. The molecule has 162 valence electrons. The van der Waals surface area contributed by atoms with Crippen LogP contribution in [0.2, 0.25) is 5.02 Å². The van der Waals surface area contributed by atoms with Crippen LogP contribution in [-0.2, 0) is 17.6 Å². The summed E-state index contributed by atoms with van der Waals surface area (Å²) in [6.45, 7) is 5.60. The van der Waals surface area contributed by atoms with Crippen molar-refractivity contribution in [1.82, 2.24) is 4.90 Å². The minimum absolute atomic E-state index is 0.105. The molecule has 30 heavy (non-hydrogen) atoms. The van der Waals surface area contributed by atoms with Crippen molar-refractivity contribution in [3.05, 3.63) is 64.2 Å². The number of ether oxygens (including phenoxy) is 1. The van der Waals surface area contributed by atoms with E-state index in [0.29, 0.717) is 17.0 Å². The molecule has 1 amide bonds. The SMILES string of the molecule is CC(C)(C)OC(=O)N(C[C@H](O)c1cccc(Cl)c1)[C@H]1CCCc2ccc(O)cc2C1. The number of amides is 1. The van der Waals surface area contributed by atoms with Crippen molar-refractivity contribution >= 4 is 17.7 Å². The van der Waals surface area contributed by atoms with Gasteiger partial charge in [0.1, 0.15) is 11.4 Å². The summed E-state index contributed by atoms with van der Waals surface area (Å²) in [5, 5.41) is 21.3. The molecule has 0 unspecified atom stereocenters. The molecule has 0 heterocycles. The van der Waals surface area contributed by atoms with Crippen LogP contribution in [0.1, 0.15) is 56.4 Å². The van der Waals surface area contributed by atoms with Crippen molar-refractivity contribution in [2.75, 3.05) is 6.54 Å². The summed E-state index contributed by atoms with van der Waals surface area (Å²) in [4.78, 5) is 14.7. The van der Waals surface area contributed by atoms with Crippen LogP contribution in [0.25, 0.3) is 0 Å². The van der Waals surface area contributed by atoms with Crippen LogP contribution in [0.15, 0.2) is 42.5 Å². The maximum atomic E-state index is 13.1. The minimum atomic E-state index is -0.886. The van der Waals surface area contributed by atoms with Gasteiger partial charge in [-0.2, -0.15) is 0 Å². The molecule has 0 aromatic heterocycles. The second-order valence-electron chi connectivity index (χ2n) is 8.91. The van der Waals surface area contributed by atoms with Crippen molar-refractivity contribution in [2.45, 2.75) is 64.2 Å². The summed E-state index contributed by atoms with van der Waals surface area (Å²) in [6, 6.07) is 12.3. The molecule has 2 N–H and O–H groups in total. The number of carbonyl (C=O) groups excluding carboxylic acids is 1. The largest absolute Gasteiger partial charge is 0.508 e. The lowest BCUT2D eigenvalue weighted by atomic mass is 10.00. The van der Waals surface area contributed by atoms with Crippen molar-refractivity contribution < 1.29 is 19.7 Å². The van der Waals surface area contributed by atoms with E-state index < -0.39 is 17.8 Å². The Bertz CT molecular complexity index is 893. The molecule has 0 saturated heterocycles. The zero-order chi connectivity index (χ0) is 21.9. The molecule has 0 saturated carbocycles. The van der Waals surface area contributed by atoms with Crippen LogP contribution < -0.4 is 0 Å². The van der Waals surface area contributed by atoms with E-state index in [0.717, 1.165) is 24.8 Å². The van der Waals surface area contributed by atoms with Gasteiger partial charge in [-0.1, -0.05) is 29.8 Å². The van der Waals surface area contributed by atoms with Gasteiger partial charge in [0, 0.05) is 11.1 Å². The van der Waals surface area contributed by atoms with Gasteiger partial charge in [-0.05, 0) is 87.4 Å². The highest BCUT2D eigenvalue weighted by Gasteiger charge is 2.32. The highest BCUT2D eigenvalue weighted by Crippen LogP contribution is 2.29. The van der Waals surface area contributed by atoms with Gasteiger partial charge in [-0.15, -0.1) is 0 Å². The minimum Gasteiger partial charge on any atom is -0.508 e. The number of hydrogen-bond donors (Lipinski definition) is 2. The van der Waals surface area contributed by atoms with E-state index in [2.05, 4.69) is 0 Å². The van der Waals surface area contributed by atoms with Crippen LogP contribution in [0.4, 0.5) is 4.79 Å². The van der Waals surface area contributed by atoms with Gasteiger partial charge in [-0.25, -0.2) is 4.79 Å². The van der Waals surface area contributed by atoms with Gasteiger partial charge < -0.3 is 19.8 Å². The monoisotopic (exact) mass is 431 g/mol. The fourth-order valence-electron chi connectivity index (χ4n) is 3.90. The summed E-state index contributed by atoms with van der Waals surface area (Å²) in [6.07, 6.45) is 1.86. The highest BCUT2D eigenvalue weighted by molar-refractivity contribution is 6.30. The smallest absolute Gasteiger partial charge is 0.410 e. The highest BCUT2D eigenvalue weighted by atomic mass is 35.5. The van der Waals surface area contributed by atoms with Gasteiger partial charge in [0.2, 0.25) is 0 Å². The number of benzene rings is 2. The number of phenols is 1. The Balaban J connectivity index is 1.87. The Morgan fingerprint density at radius 3 is 2.70 bits per heavy atom. The molecule has 2 aromatic rings. The van der Waals surface area contributed by atoms with E-state index in [4.69, 9.17) is 16.3 Å². The molecule has 0 spiro atoms. The van der Waals surface area contributed by atoms with Crippen molar-refractivity contribution in [3.8, 4) is 5.75 Å². The van der Waals surface area contributed by atoms with Crippen molar-refractivity contribution in [2.24, 2.45) is 0 Å². The lowest BCUT2D eigenvalue weighted by molar-refractivity contribution is 0.00260. The van der Waals surface area contributed by atoms with E-state index in [1.54, 1.807) is 41.3 Å². The number of hydrogen-bond acceptors (Lipinski definition) is 4. The maximum Gasteiger partial charge on any atom is 0.410 e. The zero-order valence-electron chi connectivity index (χ0n) is 17.8. The molecule has 0 radical (unpaired) electrons. The molecular formula is C24H30ClNO4. The molecule has 0 bridgehead atoms. The average molecular weight is 432 g/mol. The molecule has 2 aromatic carbocycles. The first-order valence-corrected chi connectivity index (χ1v) is 10.7. The first-order valence-electron chi connectivity index (χ1n) is 10.4. The topological polar surface area (TPSA) is 70.0 Å². The molecule has 1 aliphatic rings. The third-order valence-electron chi connectivity index (χ3n) is 5.30. The standard InChI is InChI=1S/C24H30ClNO4/c1-24(2,3)30-23(29)26(15-22(28)17-7-4-8-19(25)12-17)20-9-5-6-16-10-11-21(27)14-18(16)13-20/h4,7-8,10-12,14,20,22,27-28H,5-6,9,13,15H2,1-3H3/t20-,22-/m0/s1. The first-order chi connectivity index (χ1) is 14.1. The molecule has 0 fully saturated rings. The number of halogens is 1. The number of aryl methyl sites for hydroxylation is 1. The Morgan fingerprint density at radius 1 is 1.23 bits per heavy atom. The predicted octanol–water partition coefficient (Wildman–Crippen LogP) is 5.26. The van der Waals surface area contributed by atoms with Crippen LogP contribution >= 0.6 is 11.6 Å². The summed E-state index contributed by atoms with van der Waals surface area (Å²) in [5.74, 6) is 0.220. The van der Waals surface area contributed by atoms with Crippen molar-refractivity contribution in [3.63, 3.8) is 0 Å². The number of rotatable bonds is 4. The Kier molecular flexibility index (Phi) is 6.94. The number of phenolic OH excluding ortho intramolecular Hbond substituents is 1.